The number of aryl methyl sites for hydroxylation is 1. The van der Waals surface area contributed by atoms with Crippen molar-refractivity contribution < 1.29 is 0 Å². The molecule has 0 aliphatic carbocycles. The highest BCUT2D eigenvalue weighted by molar-refractivity contribution is 5.93. The molecule has 0 bridgehead atoms. The van der Waals surface area contributed by atoms with Gasteiger partial charge in [0.25, 0.3) is 0 Å². The molecular formula is C15H12N2. The average molecular weight is 220 g/mol. The first kappa shape index (κ1) is 9.97. The second-order valence-electron chi connectivity index (χ2n) is 4.13. The van der Waals surface area contributed by atoms with Gasteiger partial charge in [0, 0.05) is 35.1 Å². The topological polar surface area (TPSA) is 25.8 Å². The molecule has 0 fully saturated rings. The molecule has 0 atom stereocenters. The van der Waals surface area contributed by atoms with E-state index >= 15 is 0 Å². The van der Waals surface area contributed by atoms with Gasteiger partial charge in [-0.1, -0.05) is 12.1 Å². The SMILES string of the molecule is Cc1cc(-c2cccnc2)c2ncccc2c1. The molecule has 0 aliphatic heterocycles. The quantitative estimate of drug-likeness (QED) is 0.626. The van der Waals surface area contributed by atoms with Gasteiger partial charge in [-0.25, -0.2) is 0 Å². The second-order valence-corrected chi connectivity index (χ2v) is 4.13. The lowest BCUT2D eigenvalue weighted by molar-refractivity contribution is 1.32. The fraction of sp³-hybridized carbons (Fsp3) is 0.0667. The Morgan fingerprint density at radius 3 is 2.71 bits per heavy atom. The smallest absolute Gasteiger partial charge is 0.0781 e. The van der Waals surface area contributed by atoms with Crippen LogP contribution in [0.5, 0.6) is 0 Å². The Kier molecular flexibility index (Phi) is 2.33. The van der Waals surface area contributed by atoms with Crippen molar-refractivity contribution in [1.82, 2.24) is 9.97 Å². The molecule has 82 valence electrons. The Morgan fingerprint density at radius 1 is 1.00 bits per heavy atom. The van der Waals surface area contributed by atoms with Gasteiger partial charge in [-0.15, -0.1) is 0 Å². The van der Waals surface area contributed by atoms with Crippen molar-refractivity contribution in [3.63, 3.8) is 0 Å². The van der Waals surface area contributed by atoms with Crippen molar-refractivity contribution in [2.24, 2.45) is 0 Å². The number of benzene rings is 1. The molecule has 2 heterocycles. The zero-order valence-electron chi connectivity index (χ0n) is 9.59. The minimum absolute atomic E-state index is 1.03. The number of hydrogen-bond donors (Lipinski definition) is 0. The molecule has 2 nitrogen and oxygen atoms in total. The zero-order chi connectivity index (χ0) is 11.7. The van der Waals surface area contributed by atoms with E-state index in [1.54, 1.807) is 6.20 Å². The largest absolute Gasteiger partial charge is 0.264 e. The number of hydrogen-bond acceptors (Lipinski definition) is 2. The van der Waals surface area contributed by atoms with Crippen LogP contribution in [0.3, 0.4) is 0 Å². The zero-order valence-corrected chi connectivity index (χ0v) is 9.59. The lowest BCUT2D eigenvalue weighted by atomic mass is 10.0. The molecule has 1 aromatic carbocycles. The minimum atomic E-state index is 1.03. The maximum atomic E-state index is 4.47. The minimum Gasteiger partial charge on any atom is -0.264 e. The monoisotopic (exact) mass is 220 g/mol. The molecule has 2 heteroatoms. The van der Waals surface area contributed by atoms with Crippen molar-refractivity contribution in [3.05, 3.63) is 60.6 Å². The van der Waals surface area contributed by atoms with E-state index in [0.717, 1.165) is 16.6 Å². The van der Waals surface area contributed by atoms with E-state index in [1.807, 2.05) is 24.5 Å². The summed E-state index contributed by atoms with van der Waals surface area (Å²) in [6.45, 7) is 2.10. The van der Waals surface area contributed by atoms with Gasteiger partial charge in [0.1, 0.15) is 0 Å². The molecule has 3 aromatic rings. The predicted octanol–water partition coefficient (Wildman–Crippen LogP) is 3.61. The van der Waals surface area contributed by atoms with Crippen LogP contribution in [0.4, 0.5) is 0 Å². The van der Waals surface area contributed by atoms with Crippen LogP contribution in [0.15, 0.2) is 55.0 Å². The van der Waals surface area contributed by atoms with Crippen molar-refractivity contribution in [3.8, 4) is 11.1 Å². The first-order chi connectivity index (χ1) is 8.34. The van der Waals surface area contributed by atoms with E-state index in [1.165, 1.54) is 10.9 Å². The maximum Gasteiger partial charge on any atom is 0.0781 e. The Morgan fingerprint density at radius 2 is 1.88 bits per heavy atom. The third kappa shape index (κ3) is 1.78. The van der Waals surface area contributed by atoms with Crippen LogP contribution in [0.1, 0.15) is 5.56 Å². The molecule has 0 N–H and O–H groups in total. The first-order valence-electron chi connectivity index (χ1n) is 5.60. The van der Waals surface area contributed by atoms with Gasteiger partial charge < -0.3 is 0 Å². The van der Waals surface area contributed by atoms with Crippen molar-refractivity contribution in [2.75, 3.05) is 0 Å². The molecule has 0 amide bonds. The Balaban J connectivity index is 2.36. The highest BCUT2D eigenvalue weighted by Crippen LogP contribution is 2.27. The van der Waals surface area contributed by atoms with Crippen LogP contribution >= 0.6 is 0 Å². The van der Waals surface area contributed by atoms with Crippen molar-refractivity contribution in [1.29, 1.82) is 0 Å². The number of fused-ring (bicyclic) bond motifs is 1. The summed E-state index contributed by atoms with van der Waals surface area (Å²) in [6, 6.07) is 12.4. The summed E-state index contributed by atoms with van der Waals surface area (Å²) in [5, 5.41) is 1.17. The van der Waals surface area contributed by atoms with Gasteiger partial charge in [0.2, 0.25) is 0 Å². The first-order valence-corrected chi connectivity index (χ1v) is 5.60. The summed E-state index contributed by atoms with van der Waals surface area (Å²) >= 11 is 0. The molecule has 0 spiro atoms. The van der Waals surface area contributed by atoms with Crippen LogP contribution < -0.4 is 0 Å². The lowest BCUT2D eigenvalue weighted by Crippen LogP contribution is -1.87. The molecule has 17 heavy (non-hydrogen) atoms. The number of rotatable bonds is 1. The highest BCUT2D eigenvalue weighted by Gasteiger charge is 2.05. The van der Waals surface area contributed by atoms with Crippen LogP contribution in [0, 0.1) is 6.92 Å². The summed E-state index contributed by atoms with van der Waals surface area (Å²) < 4.78 is 0. The molecule has 0 aliphatic rings. The number of aromatic nitrogens is 2. The molecule has 0 radical (unpaired) electrons. The summed E-state index contributed by atoms with van der Waals surface area (Å²) in [4.78, 5) is 8.64. The maximum absolute atomic E-state index is 4.47. The van der Waals surface area contributed by atoms with E-state index in [2.05, 4.69) is 41.2 Å². The normalized spacial score (nSPS) is 10.6. The summed E-state index contributed by atoms with van der Waals surface area (Å²) in [5.74, 6) is 0. The molecule has 2 aromatic heterocycles. The van der Waals surface area contributed by atoms with Crippen molar-refractivity contribution >= 4 is 10.9 Å². The Bertz CT molecular complexity index is 660. The predicted molar refractivity (Wildman–Crippen MR) is 69.7 cm³/mol. The van der Waals surface area contributed by atoms with Crippen LogP contribution in [0.2, 0.25) is 0 Å². The number of pyridine rings is 2. The van der Waals surface area contributed by atoms with Gasteiger partial charge >= 0.3 is 0 Å². The van der Waals surface area contributed by atoms with Gasteiger partial charge in [-0.3, -0.25) is 9.97 Å². The Labute approximate surface area is 100.0 Å². The van der Waals surface area contributed by atoms with Crippen molar-refractivity contribution in [2.45, 2.75) is 6.92 Å². The van der Waals surface area contributed by atoms with Crippen LogP contribution in [-0.4, -0.2) is 9.97 Å². The second kappa shape index (κ2) is 3.98. The lowest BCUT2D eigenvalue weighted by Gasteiger charge is -2.07. The van der Waals surface area contributed by atoms with E-state index < -0.39 is 0 Å². The van der Waals surface area contributed by atoms with E-state index in [4.69, 9.17) is 0 Å². The van der Waals surface area contributed by atoms with E-state index in [0.29, 0.717) is 0 Å². The van der Waals surface area contributed by atoms with Crippen LogP contribution in [-0.2, 0) is 0 Å². The van der Waals surface area contributed by atoms with Crippen LogP contribution in [0.25, 0.3) is 22.0 Å². The van der Waals surface area contributed by atoms with Gasteiger partial charge in [0.15, 0.2) is 0 Å². The third-order valence-corrected chi connectivity index (χ3v) is 2.82. The Hall–Kier alpha value is -2.22. The summed E-state index contributed by atoms with van der Waals surface area (Å²) in [7, 11) is 0. The molecule has 3 rings (SSSR count). The fourth-order valence-electron chi connectivity index (χ4n) is 2.08. The van der Waals surface area contributed by atoms with E-state index in [-0.39, 0.29) is 0 Å². The van der Waals surface area contributed by atoms with Gasteiger partial charge in [-0.05, 0) is 36.8 Å². The molecule has 0 saturated carbocycles. The average Bonchev–Trinajstić information content (AvgIpc) is 2.39. The fourth-order valence-corrected chi connectivity index (χ4v) is 2.08. The molecule has 0 unspecified atom stereocenters. The molecular weight excluding hydrogens is 208 g/mol. The van der Waals surface area contributed by atoms with E-state index in [9.17, 15) is 0 Å². The third-order valence-electron chi connectivity index (χ3n) is 2.82. The highest BCUT2D eigenvalue weighted by atomic mass is 14.7. The standard InChI is InChI=1S/C15H12N2/c1-11-8-12-4-3-7-17-15(12)14(9-11)13-5-2-6-16-10-13/h2-10H,1H3. The molecule has 0 saturated heterocycles. The summed E-state index contributed by atoms with van der Waals surface area (Å²) in [6.07, 6.45) is 5.50. The number of nitrogens with zero attached hydrogens (tertiary/aromatic N) is 2. The van der Waals surface area contributed by atoms with Gasteiger partial charge in [-0.2, -0.15) is 0 Å². The summed E-state index contributed by atoms with van der Waals surface area (Å²) in [5.41, 5.74) is 4.53. The van der Waals surface area contributed by atoms with Gasteiger partial charge in [0.05, 0.1) is 5.52 Å².